The summed E-state index contributed by atoms with van der Waals surface area (Å²) in [7, 11) is 0. The van der Waals surface area contributed by atoms with Gasteiger partial charge in [-0.1, -0.05) is 12.1 Å². The molecule has 0 saturated heterocycles. The van der Waals surface area contributed by atoms with E-state index in [-0.39, 0.29) is 11.4 Å². The molecule has 0 saturated carbocycles. The molecule has 1 aromatic carbocycles. The fraction of sp³-hybridized carbons (Fsp3) is 0. The van der Waals surface area contributed by atoms with Crippen molar-refractivity contribution >= 4 is 17.4 Å². The lowest BCUT2D eigenvalue weighted by Gasteiger charge is -2.10. The van der Waals surface area contributed by atoms with Gasteiger partial charge in [-0.05, 0) is 30.3 Å². The summed E-state index contributed by atoms with van der Waals surface area (Å²) in [6, 6.07) is 12.4. The monoisotopic (exact) mass is 294 g/mol. The molecule has 3 rings (SSSR count). The first-order valence-corrected chi connectivity index (χ1v) is 6.56. The van der Waals surface area contributed by atoms with Crippen LogP contribution in [0, 0.1) is 0 Å². The Bertz CT molecular complexity index is 824. The maximum absolute atomic E-state index is 11.7. The van der Waals surface area contributed by atoms with Crippen LogP contribution in [-0.4, -0.2) is 10.9 Å². The molecule has 6 N–H and O–H groups in total. The first kappa shape index (κ1) is 13.7. The Morgan fingerprint density at radius 3 is 2.41 bits per heavy atom. The van der Waals surface area contributed by atoms with E-state index in [0.717, 1.165) is 5.56 Å². The molecular formula is C16H14N4O2. The number of hydrogen-bond acceptors (Lipinski definition) is 5. The molecule has 110 valence electrons. The number of pyridine rings is 1. The lowest BCUT2D eigenvalue weighted by molar-refractivity contribution is 0.100. The van der Waals surface area contributed by atoms with Crippen LogP contribution in [0.3, 0.4) is 0 Å². The topological polar surface area (TPSA) is 121 Å². The van der Waals surface area contributed by atoms with Gasteiger partial charge in [-0.2, -0.15) is 0 Å². The van der Waals surface area contributed by atoms with E-state index in [1.165, 1.54) is 6.26 Å². The highest BCUT2D eigenvalue weighted by Gasteiger charge is 2.19. The third kappa shape index (κ3) is 2.37. The SMILES string of the molecule is NC(=O)c1c(-c2ccco2)cc(-c2ccc(N)cc2)nc1N. The lowest BCUT2D eigenvalue weighted by Crippen LogP contribution is -2.16. The highest BCUT2D eigenvalue weighted by molar-refractivity contribution is 6.04. The minimum atomic E-state index is -0.653. The minimum Gasteiger partial charge on any atom is -0.464 e. The standard InChI is InChI=1S/C16H14N4O2/c17-10-5-3-9(4-6-10)12-8-11(13-2-1-7-22-13)14(16(19)21)15(18)20-12/h1-8H,17H2,(H2,18,20)(H2,19,21). The Balaban J connectivity index is 2.22. The fourth-order valence-corrected chi connectivity index (χ4v) is 2.25. The Labute approximate surface area is 126 Å². The number of benzene rings is 1. The van der Waals surface area contributed by atoms with Gasteiger partial charge in [0.2, 0.25) is 0 Å². The van der Waals surface area contributed by atoms with Crippen LogP contribution in [0.2, 0.25) is 0 Å². The van der Waals surface area contributed by atoms with Crippen molar-refractivity contribution < 1.29 is 9.21 Å². The molecule has 0 radical (unpaired) electrons. The molecule has 3 aromatic rings. The average Bonchev–Trinajstić information content (AvgIpc) is 3.00. The Hall–Kier alpha value is -3.28. The van der Waals surface area contributed by atoms with Gasteiger partial charge in [0.05, 0.1) is 17.5 Å². The second kappa shape index (κ2) is 5.25. The van der Waals surface area contributed by atoms with Crippen LogP contribution in [-0.2, 0) is 0 Å². The normalized spacial score (nSPS) is 10.5. The zero-order valence-electron chi connectivity index (χ0n) is 11.6. The maximum atomic E-state index is 11.7. The molecule has 2 heterocycles. The van der Waals surface area contributed by atoms with Crippen molar-refractivity contribution in [3.63, 3.8) is 0 Å². The van der Waals surface area contributed by atoms with Crippen LogP contribution in [0.5, 0.6) is 0 Å². The highest BCUT2D eigenvalue weighted by atomic mass is 16.3. The summed E-state index contributed by atoms with van der Waals surface area (Å²) < 4.78 is 5.36. The number of amides is 1. The molecule has 1 amide bonds. The van der Waals surface area contributed by atoms with Crippen LogP contribution in [0.15, 0.2) is 53.1 Å². The average molecular weight is 294 g/mol. The maximum Gasteiger partial charge on any atom is 0.253 e. The predicted octanol–water partition coefficient (Wildman–Crippen LogP) is 2.27. The van der Waals surface area contributed by atoms with Crippen molar-refractivity contribution in [1.82, 2.24) is 4.98 Å². The van der Waals surface area contributed by atoms with Gasteiger partial charge < -0.3 is 21.6 Å². The van der Waals surface area contributed by atoms with E-state index in [0.29, 0.717) is 22.7 Å². The van der Waals surface area contributed by atoms with Crippen LogP contribution in [0.4, 0.5) is 11.5 Å². The van der Waals surface area contributed by atoms with E-state index in [1.807, 2.05) is 12.1 Å². The molecule has 0 aliphatic rings. The number of carbonyl (C=O) groups excluding carboxylic acids is 1. The largest absolute Gasteiger partial charge is 0.464 e. The summed E-state index contributed by atoms with van der Waals surface area (Å²) in [5, 5.41) is 0. The van der Waals surface area contributed by atoms with Crippen LogP contribution >= 0.6 is 0 Å². The first-order valence-electron chi connectivity index (χ1n) is 6.56. The number of primary amides is 1. The molecular weight excluding hydrogens is 280 g/mol. The molecule has 0 fully saturated rings. The van der Waals surface area contributed by atoms with Gasteiger partial charge in [0.25, 0.3) is 5.91 Å². The van der Waals surface area contributed by atoms with Crippen LogP contribution in [0.1, 0.15) is 10.4 Å². The molecule has 0 unspecified atom stereocenters. The van der Waals surface area contributed by atoms with Crippen molar-refractivity contribution in [3.05, 3.63) is 54.3 Å². The quantitative estimate of drug-likeness (QED) is 0.640. The van der Waals surface area contributed by atoms with Crippen molar-refractivity contribution in [3.8, 4) is 22.6 Å². The summed E-state index contributed by atoms with van der Waals surface area (Å²) in [4.78, 5) is 15.9. The molecule has 0 aliphatic carbocycles. The number of nitrogen functional groups attached to an aromatic ring is 2. The van der Waals surface area contributed by atoms with Crippen molar-refractivity contribution in [2.75, 3.05) is 11.5 Å². The molecule has 0 spiro atoms. The van der Waals surface area contributed by atoms with E-state index in [2.05, 4.69) is 4.98 Å². The lowest BCUT2D eigenvalue weighted by atomic mass is 10.0. The summed E-state index contributed by atoms with van der Waals surface area (Å²) in [5.74, 6) is -0.0897. The fourth-order valence-electron chi connectivity index (χ4n) is 2.25. The Morgan fingerprint density at radius 2 is 1.82 bits per heavy atom. The molecule has 0 bridgehead atoms. The smallest absolute Gasteiger partial charge is 0.253 e. The Kier molecular flexibility index (Phi) is 3.27. The number of nitrogens with zero attached hydrogens (tertiary/aromatic N) is 1. The second-order valence-electron chi connectivity index (χ2n) is 4.78. The molecule has 0 aliphatic heterocycles. The third-order valence-electron chi connectivity index (χ3n) is 3.29. The van der Waals surface area contributed by atoms with E-state index in [1.54, 1.807) is 30.3 Å². The number of anilines is 2. The predicted molar refractivity (Wildman–Crippen MR) is 84.7 cm³/mol. The number of hydrogen-bond donors (Lipinski definition) is 3. The van der Waals surface area contributed by atoms with E-state index < -0.39 is 5.91 Å². The Morgan fingerprint density at radius 1 is 1.09 bits per heavy atom. The van der Waals surface area contributed by atoms with Crippen molar-refractivity contribution in [2.24, 2.45) is 5.73 Å². The zero-order chi connectivity index (χ0) is 15.7. The number of aromatic nitrogens is 1. The van der Waals surface area contributed by atoms with Gasteiger partial charge in [-0.3, -0.25) is 4.79 Å². The molecule has 6 heteroatoms. The van der Waals surface area contributed by atoms with E-state index >= 15 is 0 Å². The van der Waals surface area contributed by atoms with Gasteiger partial charge in [-0.15, -0.1) is 0 Å². The van der Waals surface area contributed by atoms with Gasteiger partial charge in [0.1, 0.15) is 11.6 Å². The van der Waals surface area contributed by atoms with Gasteiger partial charge in [-0.25, -0.2) is 4.98 Å². The highest BCUT2D eigenvalue weighted by Crippen LogP contribution is 2.31. The van der Waals surface area contributed by atoms with Crippen molar-refractivity contribution in [2.45, 2.75) is 0 Å². The number of carbonyl (C=O) groups is 1. The zero-order valence-corrected chi connectivity index (χ0v) is 11.6. The van der Waals surface area contributed by atoms with Crippen molar-refractivity contribution in [1.29, 1.82) is 0 Å². The molecule has 22 heavy (non-hydrogen) atoms. The van der Waals surface area contributed by atoms with Gasteiger partial charge in [0, 0.05) is 16.8 Å². The summed E-state index contributed by atoms with van der Waals surface area (Å²) >= 11 is 0. The van der Waals surface area contributed by atoms with E-state index in [9.17, 15) is 4.79 Å². The second-order valence-corrected chi connectivity index (χ2v) is 4.78. The third-order valence-corrected chi connectivity index (χ3v) is 3.29. The first-order chi connectivity index (χ1) is 10.6. The van der Waals surface area contributed by atoms with Crippen LogP contribution < -0.4 is 17.2 Å². The molecule has 0 atom stereocenters. The minimum absolute atomic E-state index is 0.0632. The summed E-state index contributed by atoms with van der Waals surface area (Å²) in [6.45, 7) is 0. The molecule has 2 aromatic heterocycles. The summed E-state index contributed by atoms with van der Waals surface area (Å²) in [6.07, 6.45) is 1.51. The number of nitrogens with two attached hydrogens (primary N) is 3. The van der Waals surface area contributed by atoms with Gasteiger partial charge in [0.15, 0.2) is 0 Å². The number of rotatable bonds is 3. The van der Waals surface area contributed by atoms with Gasteiger partial charge >= 0.3 is 0 Å². The van der Waals surface area contributed by atoms with Crippen LogP contribution in [0.25, 0.3) is 22.6 Å². The summed E-state index contributed by atoms with van der Waals surface area (Å²) in [5.41, 5.74) is 19.8. The van der Waals surface area contributed by atoms with E-state index in [4.69, 9.17) is 21.6 Å². The molecule has 6 nitrogen and oxygen atoms in total. The number of furan rings is 1.